The minimum Gasteiger partial charge on any atom is -0.406 e. The largest absolute Gasteiger partial charge is 0.406 e. The first-order valence-corrected chi connectivity index (χ1v) is 6.17. The van der Waals surface area contributed by atoms with Gasteiger partial charge in [0.15, 0.2) is 0 Å². The van der Waals surface area contributed by atoms with Crippen molar-refractivity contribution in [3.63, 3.8) is 0 Å². The number of alkyl halides is 1. The lowest BCUT2D eigenvalue weighted by molar-refractivity contribution is 0.510. The first kappa shape index (κ1) is 11.7. The van der Waals surface area contributed by atoms with Crippen LogP contribution in [0.15, 0.2) is 28.7 Å². The summed E-state index contributed by atoms with van der Waals surface area (Å²) in [6.07, 6.45) is 0. The highest BCUT2D eigenvalue weighted by molar-refractivity contribution is 14.1. The highest BCUT2D eigenvalue weighted by atomic mass is 127. The maximum absolute atomic E-state index is 5.83. The normalized spacial score (nSPS) is 12.4. The monoisotopic (exact) mass is 349 g/mol. The zero-order chi connectivity index (χ0) is 11.5. The smallest absolute Gasteiger partial charge is 0.320 e. The second kappa shape index (κ2) is 5.01. The molecule has 0 saturated carbocycles. The van der Waals surface area contributed by atoms with E-state index in [9.17, 15) is 0 Å². The van der Waals surface area contributed by atoms with E-state index in [-0.39, 0.29) is 5.38 Å². The maximum atomic E-state index is 5.83. The Hall–Kier alpha value is -0.820. The lowest BCUT2D eigenvalue weighted by Crippen LogP contribution is -1.92. The number of nitrogens with one attached hydrogen (secondary N) is 1. The van der Waals surface area contributed by atoms with Crippen LogP contribution in [0.25, 0.3) is 0 Å². The third-order valence-electron chi connectivity index (χ3n) is 1.90. The van der Waals surface area contributed by atoms with Crippen molar-refractivity contribution < 1.29 is 4.42 Å². The molecule has 6 heteroatoms. The van der Waals surface area contributed by atoms with E-state index >= 15 is 0 Å². The van der Waals surface area contributed by atoms with E-state index in [1.807, 2.05) is 24.3 Å². The van der Waals surface area contributed by atoms with E-state index in [4.69, 9.17) is 16.0 Å². The van der Waals surface area contributed by atoms with E-state index in [2.05, 4.69) is 38.1 Å². The number of hydrogen-bond acceptors (Lipinski definition) is 4. The maximum Gasteiger partial charge on any atom is 0.320 e. The number of hydrogen-bond donors (Lipinski definition) is 1. The highest BCUT2D eigenvalue weighted by Crippen LogP contribution is 2.24. The van der Waals surface area contributed by atoms with Crippen molar-refractivity contribution in [3.05, 3.63) is 33.7 Å². The van der Waals surface area contributed by atoms with Gasteiger partial charge < -0.3 is 9.73 Å². The molecule has 1 aromatic carbocycles. The van der Waals surface area contributed by atoms with Crippen molar-refractivity contribution in [1.82, 2.24) is 10.2 Å². The predicted octanol–water partition coefficient (Wildman–Crippen LogP) is 3.72. The van der Waals surface area contributed by atoms with Crippen LogP contribution in [0, 0.1) is 3.57 Å². The van der Waals surface area contributed by atoms with Crippen LogP contribution in [0.3, 0.4) is 0 Å². The minimum atomic E-state index is -0.280. The molecule has 0 aliphatic rings. The standard InChI is InChI=1S/C10H9ClIN3O/c1-6(11)9-14-15-10(16-9)13-8-5-3-2-4-7(8)12/h2-6H,1H3,(H,13,15). The molecular formula is C10H9ClIN3O. The molecule has 0 bridgehead atoms. The van der Waals surface area contributed by atoms with E-state index in [0.717, 1.165) is 9.26 Å². The van der Waals surface area contributed by atoms with E-state index in [1.165, 1.54) is 0 Å². The van der Waals surface area contributed by atoms with Crippen molar-refractivity contribution in [1.29, 1.82) is 0 Å². The molecule has 0 radical (unpaired) electrons. The Morgan fingerprint density at radius 3 is 2.75 bits per heavy atom. The Kier molecular flexibility index (Phi) is 3.65. The summed E-state index contributed by atoms with van der Waals surface area (Å²) in [4.78, 5) is 0. The Bertz CT molecular complexity index is 486. The van der Waals surface area contributed by atoms with Gasteiger partial charge in [-0.1, -0.05) is 17.2 Å². The minimum absolute atomic E-state index is 0.280. The van der Waals surface area contributed by atoms with Crippen molar-refractivity contribution >= 4 is 45.9 Å². The summed E-state index contributed by atoms with van der Waals surface area (Å²) in [5, 5.41) is 10.4. The Balaban J connectivity index is 2.18. The van der Waals surface area contributed by atoms with E-state index in [1.54, 1.807) is 6.92 Å². The number of halogens is 2. The van der Waals surface area contributed by atoms with Crippen LogP contribution in [0.4, 0.5) is 11.7 Å². The molecule has 1 aromatic heterocycles. The quantitative estimate of drug-likeness (QED) is 0.678. The Morgan fingerprint density at radius 1 is 1.38 bits per heavy atom. The van der Waals surface area contributed by atoms with Crippen molar-refractivity contribution in [2.45, 2.75) is 12.3 Å². The van der Waals surface area contributed by atoms with Crippen molar-refractivity contribution in [2.75, 3.05) is 5.32 Å². The zero-order valence-electron chi connectivity index (χ0n) is 8.45. The second-order valence-electron chi connectivity index (χ2n) is 3.17. The van der Waals surface area contributed by atoms with Gasteiger partial charge in [-0.2, -0.15) is 0 Å². The summed E-state index contributed by atoms with van der Waals surface area (Å²) < 4.78 is 6.42. The van der Waals surface area contributed by atoms with Gasteiger partial charge in [0.2, 0.25) is 5.89 Å². The van der Waals surface area contributed by atoms with Gasteiger partial charge in [-0.3, -0.25) is 0 Å². The fraction of sp³-hybridized carbons (Fsp3) is 0.200. The number of nitrogens with zero attached hydrogens (tertiary/aromatic N) is 2. The zero-order valence-corrected chi connectivity index (χ0v) is 11.4. The molecule has 0 fully saturated rings. The van der Waals surface area contributed by atoms with Crippen LogP contribution >= 0.6 is 34.2 Å². The Morgan fingerprint density at radius 2 is 2.12 bits per heavy atom. The van der Waals surface area contributed by atoms with Gasteiger partial charge in [0.25, 0.3) is 0 Å². The van der Waals surface area contributed by atoms with Gasteiger partial charge >= 0.3 is 6.01 Å². The third-order valence-corrected chi connectivity index (χ3v) is 3.02. The first-order valence-electron chi connectivity index (χ1n) is 4.66. The van der Waals surface area contributed by atoms with E-state index < -0.39 is 0 Å². The summed E-state index contributed by atoms with van der Waals surface area (Å²) in [5.74, 6) is 0.412. The summed E-state index contributed by atoms with van der Waals surface area (Å²) in [6, 6.07) is 8.19. The third kappa shape index (κ3) is 2.65. The summed E-state index contributed by atoms with van der Waals surface area (Å²) >= 11 is 8.05. The number of aromatic nitrogens is 2. The van der Waals surface area contributed by atoms with Crippen LogP contribution in [-0.2, 0) is 0 Å². The molecule has 0 amide bonds. The molecule has 4 nitrogen and oxygen atoms in total. The van der Waals surface area contributed by atoms with Gasteiger partial charge in [0, 0.05) is 3.57 Å². The van der Waals surface area contributed by atoms with Gasteiger partial charge in [0.05, 0.1) is 5.69 Å². The SMILES string of the molecule is CC(Cl)c1nnc(Nc2ccccc2I)o1. The molecule has 2 aromatic rings. The molecule has 0 aliphatic carbocycles. The molecule has 0 spiro atoms. The molecule has 1 heterocycles. The molecule has 1 N–H and O–H groups in total. The summed E-state index contributed by atoms with van der Waals surface area (Å²) in [6.45, 7) is 1.78. The predicted molar refractivity (Wildman–Crippen MR) is 71.0 cm³/mol. The molecule has 0 saturated heterocycles. The number of benzene rings is 1. The highest BCUT2D eigenvalue weighted by Gasteiger charge is 2.11. The first-order chi connectivity index (χ1) is 7.66. The summed E-state index contributed by atoms with van der Waals surface area (Å²) in [7, 11) is 0. The molecular weight excluding hydrogens is 340 g/mol. The van der Waals surface area contributed by atoms with Crippen LogP contribution in [0.2, 0.25) is 0 Å². The second-order valence-corrected chi connectivity index (χ2v) is 4.98. The van der Waals surface area contributed by atoms with Crippen molar-refractivity contribution in [3.8, 4) is 0 Å². The molecule has 16 heavy (non-hydrogen) atoms. The average molecular weight is 350 g/mol. The number of anilines is 2. The van der Waals surface area contributed by atoms with Crippen LogP contribution in [0.5, 0.6) is 0 Å². The lowest BCUT2D eigenvalue weighted by atomic mass is 10.3. The topological polar surface area (TPSA) is 51.0 Å². The van der Waals surface area contributed by atoms with Gasteiger partial charge in [0.1, 0.15) is 5.38 Å². The molecule has 84 valence electrons. The fourth-order valence-corrected chi connectivity index (χ4v) is 1.73. The van der Waals surface area contributed by atoms with Gasteiger partial charge in [-0.25, -0.2) is 0 Å². The van der Waals surface area contributed by atoms with Crippen molar-refractivity contribution in [2.24, 2.45) is 0 Å². The Labute approximate surface area is 112 Å². The molecule has 0 aliphatic heterocycles. The van der Waals surface area contributed by atoms with Gasteiger partial charge in [-0.05, 0) is 41.6 Å². The number of rotatable bonds is 3. The lowest BCUT2D eigenvalue weighted by Gasteiger charge is -2.02. The fourth-order valence-electron chi connectivity index (χ4n) is 1.12. The summed E-state index contributed by atoms with van der Waals surface area (Å²) in [5.41, 5.74) is 0.931. The molecule has 1 unspecified atom stereocenters. The van der Waals surface area contributed by atoms with Crippen LogP contribution < -0.4 is 5.32 Å². The van der Waals surface area contributed by atoms with Crippen LogP contribution in [0.1, 0.15) is 18.2 Å². The number of para-hydroxylation sites is 1. The van der Waals surface area contributed by atoms with Gasteiger partial charge in [-0.15, -0.1) is 16.7 Å². The van der Waals surface area contributed by atoms with Crippen LogP contribution in [-0.4, -0.2) is 10.2 Å². The average Bonchev–Trinajstić information content (AvgIpc) is 2.70. The molecule has 1 atom stereocenters. The van der Waals surface area contributed by atoms with E-state index in [0.29, 0.717) is 11.9 Å². The molecule has 2 rings (SSSR count).